The minimum absolute atomic E-state index is 0. The summed E-state index contributed by atoms with van der Waals surface area (Å²) in [7, 11) is 0. The predicted octanol–water partition coefficient (Wildman–Crippen LogP) is 2.49. The Labute approximate surface area is 127 Å². The number of rotatable bonds is 0. The molecule has 1 aromatic rings. The molecular formula is C8H18N2O13. The van der Waals surface area contributed by atoms with Crippen molar-refractivity contribution in [1.82, 2.24) is 12.3 Å². The third-order valence-electron chi connectivity index (χ3n) is 0.425. The molecule has 138 valence electrons. The molecule has 1 rings (SSSR count). The monoisotopic (exact) mass is 350 g/mol. The van der Waals surface area contributed by atoms with Gasteiger partial charge in [-0.05, 0) is 12.1 Å². The largest absolute Gasteiger partial charge is 0.503 e. The van der Waals surface area contributed by atoms with Gasteiger partial charge in [0.05, 0.1) is 12.5 Å². The topological polar surface area (TPSA) is 313 Å². The number of hydrogen-bond donors (Lipinski definition) is 10. The normalized spacial score (nSPS) is 5.91. The van der Waals surface area contributed by atoms with Crippen LogP contribution in [0.15, 0.2) is 29.1 Å². The lowest BCUT2D eigenvalue weighted by molar-refractivity contribution is 0.135. The molecular weight excluding hydrogens is 332 g/mol. The zero-order chi connectivity index (χ0) is 17.8. The van der Waals surface area contributed by atoms with Crippen molar-refractivity contribution < 1.29 is 64.4 Å². The summed E-state index contributed by atoms with van der Waals surface area (Å²) in [5.41, 5.74) is 0. The zero-order valence-corrected chi connectivity index (χ0v) is 11.3. The fourth-order valence-electron chi connectivity index (χ4n) is 0.227. The molecule has 0 aliphatic rings. The van der Waals surface area contributed by atoms with Crippen molar-refractivity contribution in [1.29, 1.82) is 0 Å². The fraction of sp³-hybridized carbons (Fsp3) is 0. The van der Waals surface area contributed by atoms with E-state index in [1.54, 1.807) is 12.5 Å². The third-order valence-corrected chi connectivity index (χ3v) is 0.425. The molecule has 0 radical (unpaired) electrons. The van der Waals surface area contributed by atoms with Gasteiger partial charge in [-0.15, -0.1) is 0 Å². The first-order chi connectivity index (χ1) is 9.43. The van der Waals surface area contributed by atoms with Gasteiger partial charge in [-0.1, -0.05) is 0 Å². The lowest BCUT2D eigenvalue weighted by Gasteiger charge is -1.60. The van der Waals surface area contributed by atoms with Crippen LogP contribution in [0.5, 0.6) is 0 Å². The summed E-state index contributed by atoms with van der Waals surface area (Å²) in [5, 5.41) is 55.8. The van der Waals surface area contributed by atoms with Crippen molar-refractivity contribution in [2.45, 2.75) is 0 Å². The van der Waals surface area contributed by atoms with Crippen LogP contribution in [-0.2, 0) is 0 Å². The van der Waals surface area contributed by atoms with Gasteiger partial charge >= 0.3 is 24.6 Å². The number of carbonyl (C=O) groups is 4. The summed E-state index contributed by atoms with van der Waals surface area (Å²) in [5.74, 6) is 0. The molecule has 23 heavy (non-hydrogen) atoms. The average molecular weight is 350 g/mol. The molecule has 15 heteroatoms. The molecule has 14 N–H and O–H groups in total. The van der Waals surface area contributed by atoms with Crippen LogP contribution in [0, 0.1) is 0 Å². The van der Waals surface area contributed by atoms with Gasteiger partial charge in [0.1, 0.15) is 0 Å². The molecule has 1 aromatic heterocycles. The van der Waals surface area contributed by atoms with Gasteiger partial charge in [0.15, 0.2) is 0 Å². The lowest BCUT2D eigenvalue weighted by Crippen LogP contribution is -1.81. The molecule has 0 amide bonds. The number of carboxylic acid groups (broad SMARTS) is 8. The Balaban J connectivity index is -0.0000000386. The predicted molar refractivity (Wildman–Crippen MR) is 71.4 cm³/mol. The van der Waals surface area contributed by atoms with Gasteiger partial charge in [-0.3, -0.25) is 0 Å². The highest BCUT2D eigenvalue weighted by Crippen LogP contribution is 1.79. The lowest BCUT2D eigenvalue weighted by atomic mass is 10.7. The van der Waals surface area contributed by atoms with Crippen LogP contribution in [-0.4, -0.2) is 65.5 Å². The second-order valence-corrected chi connectivity index (χ2v) is 1.92. The maximum Gasteiger partial charge on any atom is 0.503 e. The second kappa shape index (κ2) is 31.0. The van der Waals surface area contributed by atoms with Gasteiger partial charge in [0.2, 0.25) is 0 Å². The first-order valence-corrected chi connectivity index (χ1v) is 4.08. The first kappa shape index (κ1) is 36.5. The second-order valence-electron chi connectivity index (χ2n) is 1.92. The average Bonchev–Trinajstić information content (AvgIpc) is 2.68. The van der Waals surface area contributed by atoms with Gasteiger partial charge in [-0.2, -0.15) is 0 Å². The molecule has 0 aliphatic carbocycles. The molecule has 0 saturated carbocycles. The van der Waals surface area contributed by atoms with E-state index in [0.717, 1.165) is 0 Å². The van der Waals surface area contributed by atoms with Gasteiger partial charge in [-0.25, -0.2) is 19.2 Å². The van der Waals surface area contributed by atoms with Crippen molar-refractivity contribution in [3.8, 4) is 0 Å². The number of furan rings is 1. The zero-order valence-electron chi connectivity index (χ0n) is 11.3. The Bertz CT molecular complexity index is 296. The van der Waals surface area contributed by atoms with E-state index in [9.17, 15) is 0 Å². The van der Waals surface area contributed by atoms with Gasteiger partial charge in [0, 0.05) is 0 Å². The Morgan fingerprint density at radius 2 is 0.652 bits per heavy atom. The Morgan fingerprint density at radius 1 is 0.522 bits per heavy atom. The van der Waals surface area contributed by atoms with Crippen molar-refractivity contribution in [3.63, 3.8) is 0 Å². The quantitative estimate of drug-likeness (QED) is 0.321. The van der Waals surface area contributed by atoms with E-state index < -0.39 is 24.6 Å². The standard InChI is InChI=1S/C4H4O.4CH2O3.2H3N/c1-2-4-5-3-1;4*2-1(3)4;;/h1-4H;4*(H2,2,3,4);2*1H3. The highest BCUT2D eigenvalue weighted by atomic mass is 16.6. The van der Waals surface area contributed by atoms with Gasteiger partial charge < -0.3 is 57.6 Å². The highest BCUT2D eigenvalue weighted by Gasteiger charge is 1.71. The molecule has 15 nitrogen and oxygen atoms in total. The van der Waals surface area contributed by atoms with Crippen LogP contribution in [0.4, 0.5) is 19.2 Å². The van der Waals surface area contributed by atoms with E-state index >= 15 is 0 Å². The summed E-state index contributed by atoms with van der Waals surface area (Å²) in [6, 6.07) is 3.67. The van der Waals surface area contributed by atoms with Gasteiger partial charge in [0.25, 0.3) is 0 Å². The van der Waals surface area contributed by atoms with Crippen LogP contribution >= 0.6 is 0 Å². The molecule has 0 aliphatic heterocycles. The van der Waals surface area contributed by atoms with Crippen molar-refractivity contribution >= 4 is 24.6 Å². The SMILES string of the molecule is N.N.O=C(O)O.O=C(O)O.O=C(O)O.O=C(O)O.c1ccoc1. The molecule has 0 bridgehead atoms. The molecule has 0 atom stereocenters. The van der Waals surface area contributed by atoms with E-state index in [1.807, 2.05) is 12.1 Å². The van der Waals surface area contributed by atoms with Crippen LogP contribution < -0.4 is 12.3 Å². The van der Waals surface area contributed by atoms with Crippen LogP contribution in [0.3, 0.4) is 0 Å². The molecule has 1 heterocycles. The van der Waals surface area contributed by atoms with Crippen molar-refractivity contribution in [2.75, 3.05) is 0 Å². The Morgan fingerprint density at radius 3 is 0.696 bits per heavy atom. The summed E-state index contributed by atoms with van der Waals surface area (Å²) < 4.78 is 4.58. The maximum atomic E-state index is 8.56. The molecule has 0 saturated heterocycles. The molecule has 0 unspecified atom stereocenters. The fourth-order valence-corrected chi connectivity index (χ4v) is 0.227. The van der Waals surface area contributed by atoms with Crippen molar-refractivity contribution in [2.24, 2.45) is 0 Å². The molecule has 0 fully saturated rings. The first-order valence-electron chi connectivity index (χ1n) is 4.08. The van der Waals surface area contributed by atoms with Crippen LogP contribution in [0.1, 0.15) is 0 Å². The minimum atomic E-state index is -1.83. The van der Waals surface area contributed by atoms with Crippen LogP contribution in [0.2, 0.25) is 0 Å². The summed E-state index contributed by atoms with van der Waals surface area (Å²) >= 11 is 0. The summed E-state index contributed by atoms with van der Waals surface area (Å²) in [6.07, 6.45) is -4.08. The third kappa shape index (κ3) is 2960. The Kier molecular flexibility index (Phi) is 49.2. The maximum absolute atomic E-state index is 8.56. The summed E-state index contributed by atoms with van der Waals surface area (Å²) in [4.78, 5) is 34.2. The minimum Gasteiger partial charge on any atom is -0.473 e. The Hall–Kier alpha value is -3.72. The number of hydrogen-bond acceptors (Lipinski definition) is 7. The van der Waals surface area contributed by atoms with Crippen molar-refractivity contribution in [3.05, 3.63) is 24.7 Å². The molecule has 0 aromatic carbocycles. The highest BCUT2D eigenvalue weighted by molar-refractivity contribution is 5.54. The van der Waals surface area contributed by atoms with E-state index in [4.69, 9.17) is 60.0 Å². The van der Waals surface area contributed by atoms with Crippen LogP contribution in [0.25, 0.3) is 0 Å². The molecule has 0 spiro atoms. The van der Waals surface area contributed by atoms with E-state index in [-0.39, 0.29) is 12.3 Å². The van der Waals surface area contributed by atoms with E-state index in [0.29, 0.717) is 0 Å². The smallest absolute Gasteiger partial charge is 0.473 e. The summed E-state index contributed by atoms with van der Waals surface area (Å²) in [6.45, 7) is 0. The van der Waals surface area contributed by atoms with E-state index in [1.165, 1.54) is 0 Å². The van der Waals surface area contributed by atoms with E-state index in [2.05, 4.69) is 4.42 Å².